The van der Waals surface area contributed by atoms with Crippen LogP contribution >= 0.6 is 0 Å². The number of hydrogen-bond donors (Lipinski definition) is 3. The Kier molecular flexibility index (Phi) is 6.02. The number of carbonyl (C=O) groups excluding carboxylic acids is 1. The fourth-order valence-electron chi connectivity index (χ4n) is 3.31. The Balaban J connectivity index is 2.10. The Bertz CT molecular complexity index is 718. The van der Waals surface area contributed by atoms with Crippen molar-refractivity contribution in [3.63, 3.8) is 0 Å². The molecule has 9 heteroatoms. The number of rotatable bonds is 6. The minimum atomic E-state index is -3.73. The first-order valence-electron chi connectivity index (χ1n) is 8.13. The van der Waals surface area contributed by atoms with Gasteiger partial charge in [0.2, 0.25) is 15.9 Å². The smallest absolute Gasteiger partial charge is 0.240 e. The Morgan fingerprint density at radius 2 is 1.92 bits per heavy atom. The molecule has 140 valence electrons. The third kappa shape index (κ3) is 4.90. The lowest BCUT2D eigenvalue weighted by Gasteiger charge is -2.28. The van der Waals surface area contributed by atoms with Crippen LogP contribution in [0.25, 0.3) is 0 Å². The van der Waals surface area contributed by atoms with Crippen LogP contribution in [-0.4, -0.2) is 45.3 Å². The molecule has 0 saturated carbocycles. The molecule has 7 nitrogen and oxygen atoms in total. The molecular formula is C16H25FN4O3S. The summed E-state index contributed by atoms with van der Waals surface area (Å²) in [4.78, 5) is 12.4. The summed E-state index contributed by atoms with van der Waals surface area (Å²) in [5.74, 6) is -0.844. The third-order valence-electron chi connectivity index (χ3n) is 4.44. The zero-order valence-electron chi connectivity index (χ0n) is 14.8. The molecule has 0 spiro atoms. The van der Waals surface area contributed by atoms with Gasteiger partial charge in [0.15, 0.2) is 0 Å². The summed E-state index contributed by atoms with van der Waals surface area (Å²) >= 11 is 0. The molecule has 0 bridgehead atoms. The molecule has 1 aliphatic rings. The predicted molar refractivity (Wildman–Crippen MR) is 94.9 cm³/mol. The molecule has 3 N–H and O–H groups in total. The van der Waals surface area contributed by atoms with E-state index in [4.69, 9.17) is 0 Å². The van der Waals surface area contributed by atoms with Gasteiger partial charge < -0.3 is 5.32 Å². The van der Waals surface area contributed by atoms with Gasteiger partial charge in [0.05, 0.1) is 11.9 Å². The van der Waals surface area contributed by atoms with Crippen molar-refractivity contribution in [1.29, 1.82) is 0 Å². The Labute approximate surface area is 148 Å². The van der Waals surface area contributed by atoms with Gasteiger partial charge in [0, 0.05) is 24.0 Å². The van der Waals surface area contributed by atoms with E-state index in [-0.39, 0.29) is 29.7 Å². The molecule has 0 aromatic heterocycles. The second kappa shape index (κ2) is 7.67. The number of nitrogens with one attached hydrogen (secondary N) is 3. The minimum Gasteiger partial charge on any atom is -0.352 e. The van der Waals surface area contributed by atoms with E-state index in [2.05, 4.69) is 16.2 Å². The zero-order valence-corrected chi connectivity index (χ0v) is 15.6. The molecular weight excluding hydrogens is 347 g/mol. The molecule has 1 aromatic rings. The standard InChI is InChI=1S/C16H25FN4O3S/c1-10(16-11(2)19-20-12(16)3)18-15(22)9-21(25(4,23)24)14-7-5-6-13(17)8-14/h5-8,10-12,16,19-20H,9H2,1-4H3,(H,18,22). The lowest BCUT2D eigenvalue weighted by Crippen LogP contribution is -2.48. The Morgan fingerprint density at radius 3 is 2.44 bits per heavy atom. The first-order chi connectivity index (χ1) is 11.6. The van der Waals surface area contributed by atoms with Crippen molar-refractivity contribution in [3.05, 3.63) is 30.1 Å². The van der Waals surface area contributed by atoms with Gasteiger partial charge >= 0.3 is 0 Å². The number of carbonyl (C=O) groups is 1. The SMILES string of the molecule is CC1NNC(C)C1C(C)NC(=O)CN(c1cccc(F)c1)S(C)(=O)=O. The van der Waals surface area contributed by atoms with Gasteiger partial charge in [-0.3, -0.25) is 20.0 Å². The van der Waals surface area contributed by atoms with E-state index in [1.807, 2.05) is 20.8 Å². The molecule has 2 rings (SSSR count). The van der Waals surface area contributed by atoms with Gasteiger partial charge in [-0.2, -0.15) is 0 Å². The number of hydrogen-bond acceptors (Lipinski definition) is 5. The van der Waals surface area contributed by atoms with Crippen LogP contribution in [0.5, 0.6) is 0 Å². The maximum atomic E-state index is 13.4. The average molecular weight is 372 g/mol. The summed E-state index contributed by atoms with van der Waals surface area (Å²) in [5.41, 5.74) is 6.36. The summed E-state index contributed by atoms with van der Waals surface area (Å²) in [7, 11) is -3.73. The van der Waals surface area contributed by atoms with Gasteiger partial charge in [0.1, 0.15) is 12.4 Å². The fourth-order valence-corrected chi connectivity index (χ4v) is 4.16. The molecule has 25 heavy (non-hydrogen) atoms. The monoisotopic (exact) mass is 372 g/mol. The highest BCUT2D eigenvalue weighted by Gasteiger charge is 2.35. The van der Waals surface area contributed by atoms with Gasteiger partial charge in [-0.05, 0) is 39.0 Å². The second-order valence-corrected chi connectivity index (χ2v) is 8.46. The van der Waals surface area contributed by atoms with Crippen LogP contribution < -0.4 is 20.5 Å². The highest BCUT2D eigenvalue weighted by atomic mass is 32.2. The highest BCUT2D eigenvalue weighted by molar-refractivity contribution is 7.92. The first kappa shape index (κ1) is 19.6. The van der Waals surface area contributed by atoms with Crippen LogP contribution in [0.15, 0.2) is 24.3 Å². The maximum Gasteiger partial charge on any atom is 0.240 e. The topological polar surface area (TPSA) is 90.5 Å². The normalized spacial score (nSPS) is 24.8. The Hall–Kier alpha value is -1.71. The van der Waals surface area contributed by atoms with E-state index >= 15 is 0 Å². The number of anilines is 1. The molecule has 3 unspecified atom stereocenters. The third-order valence-corrected chi connectivity index (χ3v) is 5.58. The number of nitrogens with zero attached hydrogens (tertiary/aromatic N) is 1. The summed E-state index contributed by atoms with van der Waals surface area (Å²) < 4.78 is 38.4. The predicted octanol–water partition coefficient (Wildman–Crippen LogP) is 0.597. The van der Waals surface area contributed by atoms with Crippen LogP contribution in [0.3, 0.4) is 0 Å². The van der Waals surface area contributed by atoms with Crippen molar-refractivity contribution in [1.82, 2.24) is 16.2 Å². The van der Waals surface area contributed by atoms with E-state index in [1.54, 1.807) is 0 Å². The van der Waals surface area contributed by atoms with Crippen LogP contribution in [0.2, 0.25) is 0 Å². The molecule has 1 fully saturated rings. The summed E-state index contributed by atoms with van der Waals surface area (Å²) in [6.07, 6.45) is 0.990. The first-order valence-corrected chi connectivity index (χ1v) is 9.98. The molecule has 0 aliphatic carbocycles. The molecule has 1 aromatic carbocycles. The lowest BCUT2D eigenvalue weighted by molar-refractivity contribution is -0.120. The van der Waals surface area contributed by atoms with E-state index in [9.17, 15) is 17.6 Å². The van der Waals surface area contributed by atoms with E-state index in [1.165, 1.54) is 18.2 Å². The minimum absolute atomic E-state index is 0.122. The van der Waals surface area contributed by atoms with Crippen molar-refractivity contribution in [2.24, 2.45) is 5.92 Å². The number of benzene rings is 1. The summed E-state index contributed by atoms with van der Waals surface area (Å²) in [6.45, 7) is 5.51. The Morgan fingerprint density at radius 1 is 1.32 bits per heavy atom. The van der Waals surface area contributed by atoms with Crippen molar-refractivity contribution in [2.75, 3.05) is 17.1 Å². The largest absolute Gasteiger partial charge is 0.352 e. The highest BCUT2D eigenvalue weighted by Crippen LogP contribution is 2.20. The summed E-state index contributed by atoms with van der Waals surface area (Å²) in [6, 6.07) is 5.34. The van der Waals surface area contributed by atoms with Crippen LogP contribution in [0.4, 0.5) is 10.1 Å². The molecule has 1 heterocycles. The van der Waals surface area contributed by atoms with E-state index < -0.39 is 28.3 Å². The number of amides is 1. The van der Waals surface area contributed by atoms with Crippen LogP contribution in [-0.2, 0) is 14.8 Å². The van der Waals surface area contributed by atoms with Gasteiger partial charge in [-0.15, -0.1) is 0 Å². The van der Waals surface area contributed by atoms with Crippen LogP contribution in [0.1, 0.15) is 20.8 Å². The number of hydrazine groups is 1. The van der Waals surface area contributed by atoms with Crippen molar-refractivity contribution >= 4 is 21.6 Å². The van der Waals surface area contributed by atoms with Gasteiger partial charge in [0.25, 0.3) is 0 Å². The van der Waals surface area contributed by atoms with Crippen molar-refractivity contribution < 1.29 is 17.6 Å². The maximum absolute atomic E-state index is 13.4. The molecule has 1 aliphatic heterocycles. The van der Waals surface area contributed by atoms with Crippen molar-refractivity contribution in [3.8, 4) is 0 Å². The van der Waals surface area contributed by atoms with E-state index in [0.29, 0.717) is 0 Å². The number of halogens is 1. The molecule has 1 amide bonds. The number of sulfonamides is 1. The molecule has 1 saturated heterocycles. The fraction of sp³-hybridized carbons (Fsp3) is 0.562. The quantitative estimate of drug-likeness (QED) is 0.680. The van der Waals surface area contributed by atoms with Crippen molar-refractivity contribution in [2.45, 2.75) is 38.9 Å². The molecule has 3 atom stereocenters. The lowest BCUT2D eigenvalue weighted by atomic mass is 9.89. The van der Waals surface area contributed by atoms with Crippen LogP contribution in [0, 0.1) is 11.7 Å². The van der Waals surface area contributed by atoms with Gasteiger partial charge in [-0.1, -0.05) is 6.07 Å². The second-order valence-electron chi connectivity index (χ2n) is 6.55. The summed E-state index contributed by atoms with van der Waals surface area (Å²) in [5, 5.41) is 2.85. The van der Waals surface area contributed by atoms with Gasteiger partial charge in [-0.25, -0.2) is 12.8 Å². The van der Waals surface area contributed by atoms with E-state index in [0.717, 1.165) is 16.6 Å². The zero-order chi connectivity index (χ0) is 18.8. The molecule has 0 radical (unpaired) electrons. The average Bonchev–Trinajstić information content (AvgIpc) is 2.82.